The second kappa shape index (κ2) is 4.49. The lowest BCUT2D eigenvalue weighted by Gasteiger charge is -2.26. The molecule has 1 aromatic carbocycles. The molecule has 3 nitrogen and oxygen atoms in total. The third-order valence-corrected chi connectivity index (χ3v) is 3.85. The molecule has 1 N–H and O–H groups in total. The molecule has 1 fully saturated rings. The summed E-state index contributed by atoms with van der Waals surface area (Å²) in [6.07, 6.45) is 0.736. The van der Waals surface area contributed by atoms with Crippen LogP contribution in [0.25, 0.3) is 0 Å². The molecule has 0 aliphatic carbocycles. The van der Waals surface area contributed by atoms with Crippen molar-refractivity contribution in [2.24, 2.45) is 5.41 Å². The molecule has 2 atom stereocenters. The van der Waals surface area contributed by atoms with Gasteiger partial charge >= 0.3 is 5.97 Å². The Labute approximate surface area is 102 Å². The second-order valence-electron chi connectivity index (χ2n) is 5.17. The average Bonchev–Trinajstić information content (AvgIpc) is 2.74. The van der Waals surface area contributed by atoms with Crippen molar-refractivity contribution < 1.29 is 9.90 Å². The Morgan fingerprint density at radius 1 is 1.41 bits per heavy atom. The van der Waals surface area contributed by atoms with Gasteiger partial charge in [0.05, 0.1) is 5.41 Å². The quantitative estimate of drug-likeness (QED) is 0.872. The molecule has 17 heavy (non-hydrogen) atoms. The predicted molar refractivity (Wildman–Crippen MR) is 66.8 cm³/mol. The van der Waals surface area contributed by atoms with Crippen molar-refractivity contribution in [1.82, 2.24) is 4.90 Å². The second-order valence-corrected chi connectivity index (χ2v) is 5.17. The van der Waals surface area contributed by atoms with Gasteiger partial charge in [-0.3, -0.25) is 9.69 Å². The summed E-state index contributed by atoms with van der Waals surface area (Å²) in [5.41, 5.74) is 0.672. The molecule has 3 heteroatoms. The Bertz CT molecular complexity index is 404. The molecule has 2 rings (SSSR count). The van der Waals surface area contributed by atoms with E-state index >= 15 is 0 Å². The van der Waals surface area contributed by atoms with Crippen molar-refractivity contribution in [2.75, 3.05) is 13.1 Å². The van der Waals surface area contributed by atoms with Gasteiger partial charge in [-0.2, -0.15) is 0 Å². The van der Waals surface area contributed by atoms with Crippen LogP contribution in [0.4, 0.5) is 0 Å². The molecule has 0 bridgehead atoms. The summed E-state index contributed by atoms with van der Waals surface area (Å²) in [7, 11) is 0. The van der Waals surface area contributed by atoms with Gasteiger partial charge in [0.1, 0.15) is 0 Å². The largest absolute Gasteiger partial charge is 0.481 e. The number of likely N-dealkylation sites (tertiary alicyclic amines) is 1. The van der Waals surface area contributed by atoms with Crippen LogP contribution in [0.3, 0.4) is 0 Å². The fourth-order valence-electron chi connectivity index (χ4n) is 2.44. The van der Waals surface area contributed by atoms with E-state index in [9.17, 15) is 9.90 Å². The van der Waals surface area contributed by atoms with E-state index in [4.69, 9.17) is 0 Å². The van der Waals surface area contributed by atoms with Crippen molar-refractivity contribution in [3.8, 4) is 0 Å². The predicted octanol–water partition coefficient (Wildman–Crippen LogP) is 2.54. The highest BCUT2D eigenvalue weighted by molar-refractivity contribution is 5.74. The van der Waals surface area contributed by atoms with Gasteiger partial charge in [0, 0.05) is 12.6 Å². The number of rotatable bonds is 3. The minimum atomic E-state index is -0.680. The third-order valence-electron chi connectivity index (χ3n) is 3.85. The lowest BCUT2D eigenvalue weighted by atomic mass is 9.90. The van der Waals surface area contributed by atoms with Crippen LogP contribution in [0.5, 0.6) is 0 Å². The zero-order chi connectivity index (χ0) is 12.5. The lowest BCUT2D eigenvalue weighted by molar-refractivity contribution is -0.147. The van der Waals surface area contributed by atoms with Gasteiger partial charge in [0.15, 0.2) is 0 Å². The Balaban J connectivity index is 2.09. The van der Waals surface area contributed by atoms with Crippen LogP contribution in [0.2, 0.25) is 0 Å². The summed E-state index contributed by atoms with van der Waals surface area (Å²) < 4.78 is 0. The fourth-order valence-corrected chi connectivity index (χ4v) is 2.44. The molecule has 0 spiro atoms. The van der Waals surface area contributed by atoms with Gasteiger partial charge in [-0.15, -0.1) is 0 Å². The van der Waals surface area contributed by atoms with Gasteiger partial charge in [0.25, 0.3) is 0 Å². The van der Waals surface area contributed by atoms with Crippen LogP contribution in [0, 0.1) is 5.41 Å². The van der Waals surface area contributed by atoms with Gasteiger partial charge in [-0.25, -0.2) is 0 Å². The molecule has 0 radical (unpaired) electrons. The number of hydrogen-bond acceptors (Lipinski definition) is 2. The van der Waals surface area contributed by atoms with E-state index < -0.39 is 11.4 Å². The molecule has 2 unspecified atom stereocenters. The number of carboxylic acids is 1. The number of nitrogens with zero attached hydrogens (tertiary/aromatic N) is 1. The highest BCUT2D eigenvalue weighted by Gasteiger charge is 2.41. The number of hydrogen-bond donors (Lipinski definition) is 1. The monoisotopic (exact) mass is 233 g/mol. The van der Waals surface area contributed by atoms with Crippen molar-refractivity contribution >= 4 is 5.97 Å². The van der Waals surface area contributed by atoms with Gasteiger partial charge < -0.3 is 5.11 Å². The fraction of sp³-hybridized carbons (Fsp3) is 0.500. The Hall–Kier alpha value is -1.35. The van der Waals surface area contributed by atoms with Crippen LogP contribution >= 0.6 is 0 Å². The molecular weight excluding hydrogens is 214 g/mol. The maximum Gasteiger partial charge on any atom is 0.310 e. The summed E-state index contributed by atoms with van der Waals surface area (Å²) >= 11 is 0. The first-order valence-corrected chi connectivity index (χ1v) is 6.05. The van der Waals surface area contributed by atoms with E-state index in [2.05, 4.69) is 24.0 Å². The molecule has 1 aliphatic heterocycles. The summed E-state index contributed by atoms with van der Waals surface area (Å²) in [5.74, 6) is -0.680. The molecule has 1 heterocycles. The topological polar surface area (TPSA) is 40.5 Å². The highest BCUT2D eigenvalue weighted by Crippen LogP contribution is 2.35. The van der Waals surface area contributed by atoms with Crippen LogP contribution in [-0.2, 0) is 4.79 Å². The lowest BCUT2D eigenvalue weighted by Crippen LogP contribution is -2.32. The first kappa shape index (κ1) is 12.1. The summed E-state index contributed by atoms with van der Waals surface area (Å²) in [4.78, 5) is 13.5. The zero-order valence-electron chi connectivity index (χ0n) is 10.4. The van der Waals surface area contributed by atoms with Crippen molar-refractivity contribution in [3.05, 3.63) is 35.9 Å². The van der Waals surface area contributed by atoms with Crippen molar-refractivity contribution in [2.45, 2.75) is 26.3 Å². The summed E-state index contributed by atoms with van der Waals surface area (Å²) in [6.45, 7) is 5.48. The van der Waals surface area contributed by atoms with Crippen LogP contribution < -0.4 is 0 Å². The van der Waals surface area contributed by atoms with E-state index in [0.29, 0.717) is 6.54 Å². The van der Waals surface area contributed by atoms with E-state index in [-0.39, 0.29) is 6.04 Å². The maximum atomic E-state index is 11.2. The van der Waals surface area contributed by atoms with Crippen LogP contribution in [0.15, 0.2) is 30.3 Å². The maximum absolute atomic E-state index is 11.2. The molecule has 1 saturated heterocycles. The first-order chi connectivity index (χ1) is 8.03. The molecular formula is C14H19NO2. The number of aliphatic carboxylic acids is 1. The van der Waals surface area contributed by atoms with Crippen molar-refractivity contribution in [3.63, 3.8) is 0 Å². The smallest absolute Gasteiger partial charge is 0.310 e. The normalized spacial score (nSPS) is 26.9. The SMILES string of the molecule is CC(c1ccccc1)N1CCC(C)(C(=O)O)C1. The third kappa shape index (κ3) is 2.34. The van der Waals surface area contributed by atoms with E-state index in [1.165, 1.54) is 5.56 Å². The molecule has 0 aromatic heterocycles. The molecule has 0 saturated carbocycles. The minimum Gasteiger partial charge on any atom is -0.481 e. The summed E-state index contributed by atoms with van der Waals surface area (Å²) in [5, 5.41) is 9.22. The molecule has 1 aliphatic rings. The van der Waals surface area contributed by atoms with E-state index in [1.54, 1.807) is 0 Å². The standard InChI is InChI=1S/C14H19NO2/c1-11(12-6-4-3-5-7-12)15-9-8-14(2,10-15)13(16)17/h3-7,11H,8-10H2,1-2H3,(H,16,17). The van der Waals surface area contributed by atoms with Crippen molar-refractivity contribution in [1.29, 1.82) is 0 Å². The van der Waals surface area contributed by atoms with E-state index in [1.807, 2.05) is 25.1 Å². The molecule has 1 aromatic rings. The Kier molecular flexibility index (Phi) is 3.20. The van der Waals surface area contributed by atoms with Gasteiger partial charge in [-0.1, -0.05) is 30.3 Å². The number of carboxylic acid groups (broad SMARTS) is 1. The first-order valence-electron chi connectivity index (χ1n) is 6.05. The Morgan fingerprint density at radius 2 is 2.06 bits per heavy atom. The Morgan fingerprint density at radius 3 is 2.59 bits per heavy atom. The van der Waals surface area contributed by atoms with Gasteiger partial charge in [-0.05, 0) is 32.4 Å². The number of carbonyl (C=O) groups is 1. The van der Waals surface area contributed by atoms with Gasteiger partial charge in [0.2, 0.25) is 0 Å². The zero-order valence-corrected chi connectivity index (χ0v) is 10.4. The average molecular weight is 233 g/mol. The number of benzene rings is 1. The van der Waals surface area contributed by atoms with Crippen LogP contribution in [-0.4, -0.2) is 29.1 Å². The highest BCUT2D eigenvalue weighted by atomic mass is 16.4. The van der Waals surface area contributed by atoms with E-state index in [0.717, 1.165) is 13.0 Å². The molecule has 0 amide bonds. The summed E-state index contributed by atoms with van der Waals surface area (Å²) in [6, 6.07) is 10.5. The minimum absolute atomic E-state index is 0.289. The molecule has 92 valence electrons. The van der Waals surface area contributed by atoms with Crippen LogP contribution in [0.1, 0.15) is 31.9 Å².